The van der Waals surface area contributed by atoms with Crippen LogP contribution in [0.4, 0.5) is 5.82 Å². The zero-order valence-electron chi connectivity index (χ0n) is 8.64. The molecule has 0 bridgehead atoms. The summed E-state index contributed by atoms with van der Waals surface area (Å²) in [4.78, 5) is 0. The van der Waals surface area contributed by atoms with Gasteiger partial charge in [-0.3, -0.25) is 0 Å². The van der Waals surface area contributed by atoms with Gasteiger partial charge >= 0.3 is 0 Å². The number of halogens is 1. The first-order chi connectivity index (χ1) is 7.70. The van der Waals surface area contributed by atoms with Gasteiger partial charge in [0, 0.05) is 5.56 Å². The molecule has 0 aliphatic rings. The molecule has 0 saturated carbocycles. The maximum atomic E-state index is 5.48. The predicted octanol–water partition coefficient (Wildman–Crippen LogP) is 2.50. The zero-order chi connectivity index (χ0) is 11.5. The molecule has 0 saturated heterocycles. The van der Waals surface area contributed by atoms with E-state index < -0.39 is 0 Å². The van der Waals surface area contributed by atoms with Crippen LogP contribution in [0.25, 0.3) is 11.3 Å². The molecule has 16 heavy (non-hydrogen) atoms. The van der Waals surface area contributed by atoms with Gasteiger partial charge < -0.3 is 10.5 Å². The molecule has 2 N–H and O–H groups in total. The Morgan fingerprint density at radius 3 is 2.56 bits per heavy atom. The van der Waals surface area contributed by atoms with Crippen LogP contribution in [-0.4, -0.2) is 17.3 Å². The maximum absolute atomic E-state index is 5.48. The molecule has 0 unspecified atom stereocenters. The van der Waals surface area contributed by atoms with E-state index in [0.717, 1.165) is 21.5 Å². The predicted molar refractivity (Wildman–Crippen MR) is 66.1 cm³/mol. The van der Waals surface area contributed by atoms with Gasteiger partial charge in [0.2, 0.25) is 0 Å². The van der Waals surface area contributed by atoms with Crippen molar-refractivity contribution < 1.29 is 4.74 Å². The van der Waals surface area contributed by atoms with E-state index in [1.54, 1.807) is 13.2 Å². The van der Waals surface area contributed by atoms with Crippen LogP contribution in [0, 0.1) is 0 Å². The van der Waals surface area contributed by atoms with Crippen molar-refractivity contribution in [3.63, 3.8) is 0 Å². The van der Waals surface area contributed by atoms with E-state index in [0.29, 0.717) is 5.82 Å². The molecule has 0 spiro atoms. The number of aromatic nitrogens is 2. The van der Waals surface area contributed by atoms with Crippen LogP contribution in [-0.2, 0) is 0 Å². The third kappa shape index (κ3) is 2.14. The smallest absolute Gasteiger partial charge is 0.146 e. The van der Waals surface area contributed by atoms with Crippen LogP contribution in [0.5, 0.6) is 5.75 Å². The lowest BCUT2D eigenvalue weighted by Gasteiger charge is -2.05. The fourth-order valence-electron chi connectivity index (χ4n) is 1.32. The molecule has 82 valence electrons. The lowest BCUT2D eigenvalue weighted by atomic mass is 10.1. The van der Waals surface area contributed by atoms with E-state index in [1.165, 1.54) is 0 Å². The topological polar surface area (TPSA) is 61.0 Å². The lowest BCUT2D eigenvalue weighted by molar-refractivity contribution is 0.412. The molecular weight excluding hydrogens is 270 g/mol. The zero-order valence-corrected chi connectivity index (χ0v) is 10.2. The minimum absolute atomic E-state index is 0.413. The third-order valence-electron chi connectivity index (χ3n) is 2.13. The van der Waals surface area contributed by atoms with Crippen LogP contribution in [0.15, 0.2) is 34.8 Å². The monoisotopic (exact) mass is 279 g/mol. The molecule has 0 amide bonds. The van der Waals surface area contributed by atoms with E-state index in [4.69, 9.17) is 10.5 Å². The van der Waals surface area contributed by atoms with Crippen LogP contribution in [0.2, 0.25) is 0 Å². The Balaban J connectivity index is 2.41. The lowest BCUT2D eigenvalue weighted by Crippen LogP contribution is -1.94. The van der Waals surface area contributed by atoms with Gasteiger partial charge in [-0.1, -0.05) is 0 Å². The van der Waals surface area contributed by atoms with Crippen LogP contribution in [0.1, 0.15) is 0 Å². The van der Waals surface area contributed by atoms with Crippen LogP contribution >= 0.6 is 15.9 Å². The first-order valence-corrected chi connectivity index (χ1v) is 5.43. The Morgan fingerprint density at radius 1 is 1.19 bits per heavy atom. The summed E-state index contributed by atoms with van der Waals surface area (Å²) in [6.07, 6.45) is 0. The summed E-state index contributed by atoms with van der Waals surface area (Å²) in [7, 11) is 1.63. The minimum atomic E-state index is 0.413. The second-order valence-electron chi connectivity index (χ2n) is 3.19. The number of nitrogen functional groups attached to an aromatic ring is 1. The second kappa shape index (κ2) is 4.49. The van der Waals surface area contributed by atoms with Gasteiger partial charge in [-0.15, -0.1) is 10.2 Å². The molecule has 2 rings (SSSR count). The van der Waals surface area contributed by atoms with Gasteiger partial charge in [0.1, 0.15) is 11.6 Å². The molecule has 1 aromatic carbocycles. The SMILES string of the molecule is COc1ccc(-c2ccc(N)nn2)cc1Br. The quantitative estimate of drug-likeness (QED) is 0.918. The standard InChI is InChI=1S/C11H10BrN3O/c1-16-10-4-2-7(6-8(10)12)9-3-5-11(13)15-14-9/h2-6H,1H3,(H2,13,15). The average Bonchev–Trinajstić information content (AvgIpc) is 2.30. The molecular formula is C11H10BrN3O. The Labute approximate surface area is 102 Å². The summed E-state index contributed by atoms with van der Waals surface area (Å²) in [6, 6.07) is 9.28. The number of anilines is 1. The molecule has 1 heterocycles. The number of nitrogens with two attached hydrogens (primary N) is 1. The van der Waals surface area contributed by atoms with Crippen molar-refractivity contribution in [1.29, 1.82) is 0 Å². The number of rotatable bonds is 2. The molecule has 0 atom stereocenters. The first kappa shape index (κ1) is 10.9. The van der Waals surface area contributed by atoms with Crippen molar-refractivity contribution >= 4 is 21.7 Å². The number of nitrogens with zero attached hydrogens (tertiary/aromatic N) is 2. The molecule has 2 aromatic rings. The number of benzene rings is 1. The Bertz CT molecular complexity index is 499. The summed E-state index contributed by atoms with van der Waals surface area (Å²) in [5, 5.41) is 7.82. The van der Waals surface area contributed by atoms with E-state index >= 15 is 0 Å². The molecule has 0 aliphatic carbocycles. The van der Waals surface area contributed by atoms with Crippen molar-refractivity contribution in [3.05, 3.63) is 34.8 Å². The normalized spacial score (nSPS) is 10.1. The summed E-state index contributed by atoms with van der Waals surface area (Å²) in [6.45, 7) is 0. The molecule has 0 aliphatic heterocycles. The average molecular weight is 280 g/mol. The number of methoxy groups -OCH3 is 1. The molecule has 5 heteroatoms. The Morgan fingerprint density at radius 2 is 2.00 bits per heavy atom. The maximum Gasteiger partial charge on any atom is 0.146 e. The summed E-state index contributed by atoms with van der Waals surface area (Å²) in [5.41, 5.74) is 7.21. The van der Waals surface area contributed by atoms with E-state index in [1.807, 2.05) is 24.3 Å². The first-order valence-electron chi connectivity index (χ1n) is 4.64. The van der Waals surface area contributed by atoms with Crippen LogP contribution < -0.4 is 10.5 Å². The minimum Gasteiger partial charge on any atom is -0.496 e. The van der Waals surface area contributed by atoms with Crippen molar-refractivity contribution in [2.24, 2.45) is 0 Å². The summed E-state index contributed by atoms with van der Waals surface area (Å²) in [5.74, 6) is 1.20. The highest BCUT2D eigenvalue weighted by Crippen LogP contribution is 2.29. The highest BCUT2D eigenvalue weighted by Gasteiger charge is 2.04. The molecule has 4 nitrogen and oxygen atoms in total. The number of ether oxygens (including phenoxy) is 1. The van der Waals surface area contributed by atoms with Gasteiger partial charge in [0.15, 0.2) is 0 Å². The van der Waals surface area contributed by atoms with Crippen molar-refractivity contribution in [1.82, 2.24) is 10.2 Å². The van der Waals surface area contributed by atoms with Gasteiger partial charge in [-0.05, 0) is 46.3 Å². The van der Waals surface area contributed by atoms with E-state index in [9.17, 15) is 0 Å². The highest BCUT2D eigenvalue weighted by atomic mass is 79.9. The van der Waals surface area contributed by atoms with Crippen molar-refractivity contribution in [3.8, 4) is 17.0 Å². The van der Waals surface area contributed by atoms with Crippen molar-refractivity contribution in [2.75, 3.05) is 12.8 Å². The summed E-state index contributed by atoms with van der Waals surface area (Å²) >= 11 is 3.42. The largest absolute Gasteiger partial charge is 0.496 e. The summed E-state index contributed by atoms with van der Waals surface area (Å²) < 4.78 is 6.03. The Hall–Kier alpha value is -1.62. The molecule has 0 radical (unpaired) electrons. The van der Waals surface area contributed by atoms with Gasteiger partial charge in [0.25, 0.3) is 0 Å². The fourth-order valence-corrected chi connectivity index (χ4v) is 1.86. The third-order valence-corrected chi connectivity index (χ3v) is 2.75. The van der Waals surface area contributed by atoms with Gasteiger partial charge in [-0.25, -0.2) is 0 Å². The van der Waals surface area contributed by atoms with Gasteiger partial charge in [-0.2, -0.15) is 0 Å². The molecule has 1 aromatic heterocycles. The molecule has 0 fully saturated rings. The van der Waals surface area contributed by atoms with E-state index in [2.05, 4.69) is 26.1 Å². The van der Waals surface area contributed by atoms with Gasteiger partial charge in [0.05, 0.1) is 17.3 Å². The van der Waals surface area contributed by atoms with Crippen LogP contribution in [0.3, 0.4) is 0 Å². The number of hydrogen-bond donors (Lipinski definition) is 1. The highest BCUT2D eigenvalue weighted by molar-refractivity contribution is 9.10. The Kier molecular flexibility index (Phi) is 3.05. The van der Waals surface area contributed by atoms with Crippen molar-refractivity contribution in [2.45, 2.75) is 0 Å². The fraction of sp³-hybridized carbons (Fsp3) is 0.0909. The number of hydrogen-bond acceptors (Lipinski definition) is 4. The van der Waals surface area contributed by atoms with E-state index in [-0.39, 0.29) is 0 Å². The second-order valence-corrected chi connectivity index (χ2v) is 4.05.